The second-order valence-corrected chi connectivity index (χ2v) is 5.87. The lowest BCUT2D eigenvalue weighted by Gasteiger charge is -2.36. The zero-order valence-electron chi connectivity index (χ0n) is 11.9. The Hall–Kier alpha value is -0.800. The Morgan fingerprint density at radius 2 is 2.33 bits per heavy atom. The monoisotopic (exact) mass is 250 g/mol. The van der Waals surface area contributed by atoms with Gasteiger partial charge in [0.15, 0.2) is 0 Å². The lowest BCUT2D eigenvalue weighted by atomic mass is 9.94. The highest BCUT2D eigenvalue weighted by atomic mass is 16.5. The van der Waals surface area contributed by atoms with Crippen molar-refractivity contribution in [3.63, 3.8) is 0 Å². The Balaban J connectivity index is 1.85. The van der Waals surface area contributed by atoms with E-state index in [9.17, 15) is 0 Å². The van der Waals surface area contributed by atoms with Crippen LogP contribution >= 0.6 is 0 Å². The zero-order chi connectivity index (χ0) is 13.0. The molecule has 1 aromatic rings. The summed E-state index contributed by atoms with van der Waals surface area (Å²) in [5.74, 6) is 0. The minimum absolute atomic E-state index is 0.0291. The molecule has 3 heteroatoms. The van der Waals surface area contributed by atoms with Crippen molar-refractivity contribution < 1.29 is 4.74 Å². The number of nitrogens with one attached hydrogen (secondary N) is 1. The molecule has 0 amide bonds. The largest absolute Gasteiger partial charge is 0.375 e. The first-order valence-corrected chi connectivity index (χ1v) is 7.12. The molecule has 1 aliphatic heterocycles. The quantitative estimate of drug-likeness (QED) is 0.869. The molecule has 18 heavy (non-hydrogen) atoms. The molecule has 0 aromatic carbocycles. The van der Waals surface area contributed by atoms with Gasteiger partial charge in [-0.2, -0.15) is 0 Å². The van der Waals surface area contributed by atoms with Crippen molar-refractivity contribution in [2.45, 2.75) is 64.8 Å². The molecule has 1 atom stereocenters. The van der Waals surface area contributed by atoms with E-state index in [0.717, 1.165) is 32.5 Å². The average Bonchev–Trinajstić information content (AvgIpc) is 2.73. The van der Waals surface area contributed by atoms with E-state index in [2.05, 4.69) is 49.0 Å². The van der Waals surface area contributed by atoms with Crippen LogP contribution in [0.1, 0.15) is 45.7 Å². The number of aryl methyl sites for hydroxylation is 1. The summed E-state index contributed by atoms with van der Waals surface area (Å²) < 4.78 is 8.09. The van der Waals surface area contributed by atoms with E-state index in [0.29, 0.717) is 6.04 Å². The van der Waals surface area contributed by atoms with Crippen molar-refractivity contribution in [1.29, 1.82) is 0 Å². The van der Waals surface area contributed by atoms with Gasteiger partial charge in [0.05, 0.1) is 5.60 Å². The van der Waals surface area contributed by atoms with Crippen molar-refractivity contribution in [1.82, 2.24) is 9.88 Å². The first-order chi connectivity index (χ1) is 8.61. The molecular weight excluding hydrogens is 224 g/mol. The van der Waals surface area contributed by atoms with Crippen LogP contribution in [0.2, 0.25) is 0 Å². The average molecular weight is 250 g/mol. The van der Waals surface area contributed by atoms with Crippen LogP contribution in [0.4, 0.5) is 0 Å². The van der Waals surface area contributed by atoms with Gasteiger partial charge in [-0.3, -0.25) is 0 Å². The van der Waals surface area contributed by atoms with Crippen LogP contribution in [0.15, 0.2) is 18.3 Å². The van der Waals surface area contributed by atoms with E-state index >= 15 is 0 Å². The van der Waals surface area contributed by atoms with E-state index in [4.69, 9.17) is 4.74 Å². The Morgan fingerprint density at radius 3 is 3.06 bits per heavy atom. The van der Waals surface area contributed by atoms with Crippen molar-refractivity contribution in [2.24, 2.45) is 0 Å². The molecule has 0 aliphatic carbocycles. The number of nitrogens with zero attached hydrogens (tertiary/aromatic N) is 1. The number of ether oxygens (including phenoxy) is 1. The van der Waals surface area contributed by atoms with Gasteiger partial charge in [0, 0.05) is 37.6 Å². The van der Waals surface area contributed by atoms with Crippen LogP contribution < -0.4 is 5.32 Å². The Morgan fingerprint density at radius 1 is 1.50 bits per heavy atom. The minimum atomic E-state index is 0.0291. The van der Waals surface area contributed by atoms with E-state index in [-0.39, 0.29) is 5.60 Å². The van der Waals surface area contributed by atoms with Crippen LogP contribution in [0.3, 0.4) is 0 Å². The maximum Gasteiger partial charge on any atom is 0.0641 e. The van der Waals surface area contributed by atoms with Gasteiger partial charge in [0.1, 0.15) is 0 Å². The molecule has 2 heterocycles. The summed E-state index contributed by atoms with van der Waals surface area (Å²) in [6.07, 6.45) is 5.58. The molecule has 0 spiro atoms. The van der Waals surface area contributed by atoms with Gasteiger partial charge < -0.3 is 14.6 Å². The molecule has 1 fully saturated rings. The first kappa shape index (κ1) is 13.6. The Bertz CT molecular complexity index is 370. The number of aromatic nitrogens is 1. The fraction of sp³-hybridized carbons (Fsp3) is 0.733. The van der Waals surface area contributed by atoms with Crippen LogP contribution in [-0.4, -0.2) is 22.8 Å². The Labute approximate surface area is 111 Å². The predicted octanol–water partition coefficient (Wildman–Crippen LogP) is 2.95. The van der Waals surface area contributed by atoms with E-state index in [1.807, 2.05) is 0 Å². The first-order valence-electron chi connectivity index (χ1n) is 7.12. The second-order valence-electron chi connectivity index (χ2n) is 5.87. The molecule has 102 valence electrons. The van der Waals surface area contributed by atoms with Gasteiger partial charge in [0.25, 0.3) is 0 Å². The SMILES string of the molecule is CCCn1cccc1CNC1CCOC(C)(C)C1. The summed E-state index contributed by atoms with van der Waals surface area (Å²) in [5.41, 5.74) is 1.42. The zero-order valence-corrected chi connectivity index (χ0v) is 11.9. The van der Waals surface area contributed by atoms with Crippen molar-refractivity contribution in [3.8, 4) is 0 Å². The number of rotatable bonds is 5. The highest BCUT2D eigenvalue weighted by Crippen LogP contribution is 2.24. The maximum atomic E-state index is 5.75. The molecule has 0 radical (unpaired) electrons. The summed E-state index contributed by atoms with van der Waals surface area (Å²) in [5, 5.41) is 3.68. The standard InChI is InChI=1S/C15H26N2O/c1-4-8-17-9-5-6-14(17)12-16-13-7-10-18-15(2,3)11-13/h5-6,9,13,16H,4,7-8,10-12H2,1-3H3. The molecule has 0 saturated carbocycles. The maximum absolute atomic E-state index is 5.75. The molecule has 2 rings (SSSR count). The van der Waals surface area contributed by atoms with Crippen LogP contribution in [0.25, 0.3) is 0 Å². The van der Waals surface area contributed by atoms with Gasteiger partial charge in [0.2, 0.25) is 0 Å². The summed E-state index contributed by atoms with van der Waals surface area (Å²) in [4.78, 5) is 0. The molecule has 1 unspecified atom stereocenters. The van der Waals surface area contributed by atoms with Crippen LogP contribution in [0, 0.1) is 0 Å². The topological polar surface area (TPSA) is 26.2 Å². The third-order valence-corrected chi connectivity index (χ3v) is 3.66. The molecule has 1 saturated heterocycles. The number of hydrogen-bond donors (Lipinski definition) is 1. The van der Waals surface area contributed by atoms with Gasteiger partial charge in [-0.05, 0) is 45.2 Å². The summed E-state index contributed by atoms with van der Waals surface area (Å²) >= 11 is 0. The molecule has 0 bridgehead atoms. The molecular formula is C15H26N2O. The third kappa shape index (κ3) is 3.59. The van der Waals surface area contributed by atoms with Crippen LogP contribution in [-0.2, 0) is 17.8 Å². The van der Waals surface area contributed by atoms with Gasteiger partial charge in [-0.25, -0.2) is 0 Å². The molecule has 1 aromatic heterocycles. The lowest BCUT2D eigenvalue weighted by molar-refractivity contribution is -0.0631. The second kappa shape index (κ2) is 5.89. The molecule has 1 N–H and O–H groups in total. The summed E-state index contributed by atoms with van der Waals surface area (Å²) in [6.45, 7) is 9.54. The van der Waals surface area contributed by atoms with E-state index in [1.54, 1.807) is 0 Å². The fourth-order valence-electron chi connectivity index (χ4n) is 2.72. The van der Waals surface area contributed by atoms with Gasteiger partial charge >= 0.3 is 0 Å². The van der Waals surface area contributed by atoms with Gasteiger partial charge in [-0.1, -0.05) is 6.92 Å². The fourth-order valence-corrected chi connectivity index (χ4v) is 2.72. The summed E-state index contributed by atoms with van der Waals surface area (Å²) in [6, 6.07) is 4.94. The predicted molar refractivity (Wildman–Crippen MR) is 74.6 cm³/mol. The van der Waals surface area contributed by atoms with Gasteiger partial charge in [-0.15, -0.1) is 0 Å². The highest BCUT2D eigenvalue weighted by Gasteiger charge is 2.28. The smallest absolute Gasteiger partial charge is 0.0641 e. The molecule has 3 nitrogen and oxygen atoms in total. The third-order valence-electron chi connectivity index (χ3n) is 3.66. The van der Waals surface area contributed by atoms with Crippen molar-refractivity contribution >= 4 is 0 Å². The lowest BCUT2D eigenvalue weighted by Crippen LogP contribution is -2.43. The minimum Gasteiger partial charge on any atom is -0.375 e. The van der Waals surface area contributed by atoms with E-state index < -0.39 is 0 Å². The number of hydrogen-bond acceptors (Lipinski definition) is 2. The highest BCUT2D eigenvalue weighted by molar-refractivity contribution is 5.07. The van der Waals surface area contributed by atoms with Crippen molar-refractivity contribution in [2.75, 3.05) is 6.61 Å². The molecule has 1 aliphatic rings. The van der Waals surface area contributed by atoms with Crippen LogP contribution in [0.5, 0.6) is 0 Å². The normalized spacial score (nSPS) is 23.2. The van der Waals surface area contributed by atoms with E-state index in [1.165, 1.54) is 12.1 Å². The summed E-state index contributed by atoms with van der Waals surface area (Å²) in [7, 11) is 0. The van der Waals surface area contributed by atoms with Crippen molar-refractivity contribution in [3.05, 3.63) is 24.0 Å². The Kier molecular flexibility index (Phi) is 4.46.